The molecule has 1 atom stereocenters. The number of anilines is 1. The van der Waals surface area contributed by atoms with Gasteiger partial charge in [0.05, 0.1) is 11.6 Å². The monoisotopic (exact) mass is 232 g/mol. The Hall–Kier alpha value is -2.09. The van der Waals surface area contributed by atoms with Crippen molar-refractivity contribution in [2.24, 2.45) is 5.73 Å². The van der Waals surface area contributed by atoms with E-state index < -0.39 is 11.4 Å². The molecule has 0 aromatic carbocycles. The van der Waals surface area contributed by atoms with Gasteiger partial charge in [-0.1, -0.05) is 6.92 Å². The van der Waals surface area contributed by atoms with Crippen LogP contribution in [-0.2, 0) is 4.79 Å². The molecule has 1 amide bonds. The maximum Gasteiger partial charge on any atom is 0.242 e. The van der Waals surface area contributed by atoms with Gasteiger partial charge in [-0.15, -0.1) is 0 Å². The fourth-order valence-corrected chi connectivity index (χ4v) is 1.40. The highest BCUT2D eigenvalue weighted by molar-refractivity contribution is 5.87. The number of nitriles is 1. The Bertz CT molecular complexity index is 478. The molecule has 0 aliphatic heterocycles. The molecular weight excluding hydrogens is 216 g/mol. The Kier molecular flexibility index (Phi) is 3.69. The number of aryl methyl sites for hydroxylation is 1. The minimum atomic E-state index is -0.854. The molecule has 0 saturated carbocycles. The van der Waals surface area contributed by atoms with E-state index in [2.05, 4.69) is 10.3 Å². The van der Waals surface area contributed by atoms with Crippen LogP contribution < -0.4 is 11.1 Å². The maximum absolute atomic E-state index is 11.4. The van der Waals surface area contributed by atoms with Crippen molar-refractivity contribution in [3.05, 3.63) is 23.4 Å². The van der Waals surface area contributed by atoms with E-state index in [4.69, 9.17) is 11.0 Å². The highest BCUT2D eigenvalue weighted by atomic mass is 16.1. The molecule has 1 heterocycles. The number of pyridine rings is 1. The van der Waals surface area contributed by atoms with Gasteiger partial charge in [0.25, 0.3) is 0 Å². The molecule has 1 rings (SSSR count). The number of hydrogen-bond acceptors (Lipinski definition) is 4. The second-order valence-electron chi connectivity index (χ2n) is 4.17. The number of carbonyl (C=O) groups excluding carboxylic acids is 1. The van der Waals surface area contributed by atoms with Crippen molar-refractivity contribution < 1.29 is 4.79 Å². The molecule has 0 aliphatic carbocycles. The summed E-state index contributed by atoms with van der Waals surface area (Å²) in [4.78, 5) is 15.6. The van der Waals surface area contributed by atoms with Crippen LogP contribution in [0.2, 0.25) is 0 Å². The molecule has 17 heavy (non-hydrogen) atoms. The molecule has 0 aliphatic rings. The second kappa shape index (κ2) is 4.83. The Morgan fingerprint density at radius 2 is 2.29 bits per heavy atom. The normalized spacial score (nSPS) is 13.5. The molecule has 3 N–H and O–H groups in total. The number of nitrogens with one attached hydrogen (secondary N) is 1. The average molecular weight is 232 g/mol. The second-order valence-corrected chi connectivity index (χ2v) is 4.17. The molecule has 0 bridgehead atoms. The lowest BCUT2D eigenvalue weighted by molar-refractivity contribution is -0.121. The summed E-state index contributed by atoms with van der Waals surface area (Å²) in [6, 6.07) is 5.33. The smallest absolute Gasteiger partial charge is 0.242 e. The number of nitrogens with two attached hydrogens (primary N) is 1. The third kappa shape index (κ3) is 2.94. The summed E-state index contributed by atoms with van der Waals surface area (Å²) in [6.07, 6.45) is 0.542. The fraction of sp³-hybridized carbons (Fsp3) is 0.417. The first-order valence-electron chi connectivity index (χ1n) is 5.38. The predicted octanol–water partition coefficient (Wildman–Crippen LogP) is 1.33. The van der Waals surface area contributed by atoms with E-state index in [0.717, 1.165) is 5.69 Å². The van der Waals surface area contributed by atoms with Crippen molar-refractivity contribution >= 4 is 11.7 Å². The minimum absolute atomic E-state index is 0.443. The molecule has 0 spiro atoms. The van der Waals surface area contributed by atoms with Gasteiger partial charge >= 0.3 is 0 Å². The van der Waals surface area contributed by atoms with Crippen molar-refractivity contribution in [1.82, 2.24) is 4.98 Å². The highest BCUT2D eigenvalue weighted by Crippen LogP contribution is 2.18. The van der Waals surface area contributed by atoms with Crippen LogP contribution >= 0.6 is 0 Å². The standard InChI is InChI=1S/C12H16N4O/c1-4-12(3,11(14)17)16-10-6-9(7-13)5-8(2)15-10/h5-6H,4H2,1-3H3,(H2,14,17)(H,15,16). The summed E-state index contributed by atoms with van der Waals surface area (Å²) in [5.74, 6) is 0.0477. The molecule has 5 nitrogen and oxygen atoms in total. The first-order valence-corrected chi connectivity index (χ1v) is 5.38. The number of nitrogens with zero attached hydrogens (tertiary/aromatic N) is 2. The average Bonchev–Trinajstić information content (AvgIpc) is 2.27. The maximum atomic E-state index is 11.4. The van der Waals surface area contributed by atoms with Gasteiger partial charge in [0.15, 0.2) is 0 Å². The van der Waals surface area contributed by atoms with E-state index in [1.165, 1.54) is 0 Å². The van der Waals surface area contributed by atoms with Gasteiger partial charge in [0, 0.05) is 5.69 Å². The van der Waals surface area contributed by atoms with Gasteiger partial charge in [0.2, 0.25) is 5.91 Å². The van der Waals surface area contributed by atoms with Gasteiger partial charge in [-0.05, 0) is 32.4 Å². The summed E-state index contributed by atoms with van der Waals surface area (Å²) >= 11 is 0. The van der Waals surface area contributed by atoms with Crippen molar-refractivity contribution in [3.63, 3.8) is 0 Å². The van der Waals surface area contributed by atoms with Crippen LogP contribution in [0.5, 0.6) is 0 Å². The SMILES string of the molecule is CCC(C)(Nc1cc(C#N)cc(C)n1)C(N)=O. The molecule has 90 valence electrons. The number of amides is 1. The van der Waals surface area contributed by atoms with Crippen molar-refractivity contribution in [1.29, 1.82) is 5.26 Å². The first kappa shape index (κ1) is 13.0. The molecule has 0 radical (unpaired) electrons. The van der Waals surface area contributed by atoms with E-state index in [1.807, 2.05) is 13.0 Å². The molecular formula is C12H16N4O. The topological polar surface area (TPSA) is 91.8 Å². The fourth-order valence-electron chi connectivity index (χ4n) is 1.40. The van der Waals surface area contributed by atoms with Crippen molar-refractivity contribution in [3.8, 4) is 6.07 Å². The van der Waals surface area contributed by atoms with Gasteiger partial charge < -0.3 is 11.1 Å². The van der Waals surface area contributed by atoms with Crippen LogP contribution in [0, 0.1) is 18.3 Å². The number of primary amides is 1. The highest BCUT2D eigenvalue weighted by Gasteiger charge is 2.29. The summed E-state index contributed by atoms with van der Waals surface area (Å²) in [7, 11) is 0. The van der Waals surface area contributed by atoms with Crippen LogP contribution in [0.3, 0.4) is 0 Å². The predicted molar refractivity (Wildman–Crippen MR) is 65.2 cm³/mol. The van der Waals surface area contributed by atoms with E-state index >= 15 is 0 Å². The summed E-state index contributed by atoms with van der Waals surface area (Å²) in [5, 5.41) is 11.8. The van der Waals surface area contributed by atoms with Gasteiger partial charge in [0.1, 0.15) is 11.4 Å². The molecule has 1 aromatic heterocycles. The summed E-state index contributed by atoms with van der Waals surface area (Å²) in [6.45, 7) is 5.36. The minimum Gasteiger partial charge on any atom is -0.368 e. The van der Waals surface area contributed by atoms with E-state index in [0.29, 0.717) is 17.8 Å². The van der Waals surface area contributed by atoms with Crippen molar-refractivity contribution in [2.75, 3.05) is 5.32 Å². The first-order chi connectivity index (χ1) is 7.91. The van der Waals surface area contributed by atoms with Crippen LogP contribution in [0.25, 0.3) is 0 Å². The molecule has 1 aromatic rings. The lowest BCUT2D eigenvalue weighted by atomic mass is 9.98. The Morgan fingerprint density at radius 3 is 2.76 bits per heavy atom. The molecule has 0 fully saturated rings. The van der Waals surface area contributed by atoms with Gasteiger partial charge in [-0.2, -0.15) is 5.26 Å². The zero-order valence-electron chi connectivity index (χ0n) is 10.2. The summed E-state index contributed by atoms with van der Waals surface area (Å²) in [5.41, 5.74) is 5.71. The van der Waals surface area contributed by atoms with Crippen molar-refractivity contribution in [2.45, 2.75) is 32.7 Å². The van der Waals surface area contributed by atoms with E-state index in [1.54, 1.807) is 26.0 Å². The zero-order chi connectivity index (χ0) is 13.1. The zero-order valence-corrected chi connectivity index (χ0v) is 10.2. The largest absolute Gasteiger partial charge is 0.368 e. The van der Waals surface area contributed by atoms with Gasteiger partial charge in [-0.3, -0.25) is 4.79 Å². The van der Waals surface area contributed by atoms with Crippen LogP contribution in [0.4, 0.5) is 5.82 Å². The van der Waals surface area contributed by atoms with E-state index in [9.17, 15) is 4.79 Å². The third-order valence-electron chi connectivity index (χ3n) is 2.74. The third-order valence-corrected chi connectivity index (χ3v) is 2.74. The number of hydrogen-bond donors (Lipinski definition) is 2. The molecule has 1 unspecified atom stereocenters. The number of carbonyl (C=O) groups is 1. The lowest BCUT2D eigenvalue weighted by Gasteiger charge is -2.26. The Balaban J connectivity index is 3.07. The number of aromatic nitrogens is 1. The Labute approximate surface area is 101 Å². The summed E-state index contributed by atoms with van der Waals surface area (Å²) < 4.78 is 0. The molecule has 0 saturated heterocycles. The number of rotatable bonds is 4. The lowest BCUT2D eigenvalue weighted by Crippen LogP contribution is -2.47. The molecule has 5 heteroatoms. The van der Waals surface area contributed by atoms with Gasteiger partial charge in [-0.25, -0.2) is 4.98 Å². The van der Waals surface area contributed by atoms with Crippen LogP contribution in [0.15, 0.2) is 12.1 Å². The van der Waals surface area contributed by atoms with E-state index in [-0.39, 0.29) is 0 Å². The Morgan fingerprint density at radius 1 is 1.65 bits per heavy atom. The van der Waals surface area contributed by atoms with Crippen LogP contribution in [0.1, 0.15) is 31.5 Å². The quantitative estimate of drug-likeness (QED) is 0.819. The van der Waals surface area contributed by atoms with Crippen LogP contribution in [-0.4, -0.2) is 16.4 Å².